The van der Waals surface area contributed by atoms with E-state index in [2.05, 4.69) is 10.4 Å². The van der Waals surface area contributed by atoms with E-state index in [4.69, 9.17) is 0 Å². The molecule has 2 aromatic carbocycles. The summed E-state index contributed by atoms with van der Waals surface area (Å²) >= 11 is 0. The molecule has 1 atom stereocenters. The maximum atomic E-state index is 13.7. The highest BCUT2D eigenvalue weighted by atomic mass is 16.2. The number of fused-ring (bicyclic) bond motifs is 1. The fourth-order valence-corrected chi connectivity index (χ4v) is 4.44. The molecule has 1 aromatic heterocycles. The Morgan fingerprint density at radius 2 is 1.47 bits per heavy atom. The molecule has 1 N–H and O–H groups in total. The first-order chi connectivity index (χ1) is 17.3. The van der Waals surface area contributed by atoms with E-state index in [1.165, 1.54) is 10.9 Å². The zero-order valence-corrected chi connectivity index (χ0v) is 20.8. The maximum Gasteiger partial charge on any atom is 0.262 e. The Labute approximate surface area is 209 Å². The number of rotatable bonds is 8. The zero-order chi connectivity index (χ0) is 26.0. The Balaban J connectivity index is 1.74. The van der Waals surface area contributed by atoms with E-state index in [9.17, 15) is 19.2 Å². The number of benzene rings is 2. The van der Waals surface area contributed by atoms with Gasteiger partial charge in [0.25, 0.3) is 17.7 Å². The number of hydrogen-bond acceptors (Lipinski definition) is 5. The number of para-hydroxylation sites is 1. The molecule has 0 bridgehead atoms. The average Bonchev–Trinajstić information content (AvgIpc) is 3.40. The minimum Gasteiger partial charge on any atom is -0.339 e. The second-order valence-corrected chi connectivity index (χ2v) is 8.84. The van der Waals surface area contributed by atoms with Gasteiger partial charge in [-0.05, 0) is 44.0 Å². The normalized spacial score (nSPS) is 13.6. The second kappa shape index (κ2) is 10.2. The summed E-state index contributed by atoms with van der Waals surface area (Å²) < 4.78 is 1.48. The van der Waals surface area contributed by atoms with Crippen LogP contribution in [0.25, 0.3) is 5.69 Å². The summed E-state index contributed by atoms with van der Waals surface area (Å²) in [6.07, 6.45) is 1.43. The monoisotopic (exact) mass is 487 g/mol. The van der Waals surface area contributed by atoms with Gasteiger partial charge in [0.1, 0.15) is 17.4 Å². The molecule has 0 saturated heterocycles. The summed E-state index contributed by atoms with van der Waals surface area (Å²) in [5, 5.41) is 7.22. The van der Waals surface area contributed by atoms with Crippen LogP contribution in [0.3, 0.4) is 0 Å². The Hall–Kier alpha value is -4.27. The van der Waals surface area contributed by atoms with Gasteiger partial charge in [0.05, 0.1) is 23.0 Å². The van der Waals surface area contributed by atoms with Crippen molar-refractivity contribution in [3.63, 3.8) is 0 Å². The molecular weight excluding hydrogens is 458 g/mol. The summed E-state index contributed by atoms with van der Waals surface area (Å²) in [5.41, 5.74) is 1.41. The smallest absolute Gasteiger partial charge is 0.262 e. The first kappa shape index (κ1) is 24.8. The quantitative estimate of drug-likeness (QED) is 0.489. The lowest BCUT2D eigenvalue weighted by atomic mass is 10.0. The Kier molecular flexibility index (Phi) is 7.00. The largest absolute Gasteiger partial charge is 0.339 e. The number of amides is 4. The third-order valence-corrected chi connectivity index (χ3v) is 6.30. The van der Waals surface area contributed by atoms with E-state index in [0.29, 0.717) is 18.8 Å². The number of carbonyl (C=O) groups excluding carboxylic acids is 4. The van der Waals surface area contributed by atoms with E-state index in [1.54, 1.807) is 55.1 Å². The highest BCUT2D eigenvalue weighted by Crippen LogP contribution is 2.29. The van der Waals surface area contributed by atoms with Crippen LogP contribution in [0.4, 0.5) is 5.82 Å². The third-order valence-electron chi connectivity index (χ3n) is 6.30. The van der Waals surface area contributed by atoms with Gasteiger partial charge in [0.2, 0.25) is 5.91 Å². The van der Waals surface area contributed by atoms with Crippen LogP contribution < -0.4 is 5.32 Å². The van der Waals surface area contributed by atoms with E-state index in [0.717, 1.165) is 4.90 Å². The average molecular weight is 488 g/mol. The summed E-state index contributed by atoms with van der Waals surface area (Å²) in [4.78, 5) is 55.9. The van der Waals surface area contributed by atoms with Crippen molar-refractivity contribution in [3.05, 3.63) is 77.5 Å². The molecule has 0 spiro atoms. The molecule has 4 rings (SSSR count). The topological polar surface area (TPSA) is 105 Å². The van der Waals surface area contributed by atoms with Crippen molar-refractivity contribution in [2.45, 2.75) is 33.7 Å². The van der Waals surface area contributed by atoms with Crippen molar-refractivity contribution < 1.29 is 19.2 Å². The van der Waals surface area contributed by atoms with Crippen molar-refractivity contribution >= 4 is 29.4 Å². The van der Waals surface area contributed by atoms with Crippen LogP contribution in [-0.4, -0.2) is 62.3 Å². The van der Waals surface area contributed by atoms with Crippen molar-refractivity contribution in [1.82, 2.24) is 19.6 Å². The molecule has 2 heterocycles. The van der Waals surface area contributed by atoms with E-state index >= 15 is 0 Å². The van der Waals surface area contributed by atoms with Gasteiger partial charge >= 0.3 is 0 Å². The summed E-state index contributed by atoms with van der Waals surface area (Å²) in [5.74, 6) is -2.08. The van der Waals surface area contributed by atoms with E-state index in [-0.39, 0.29) is 34.3 Å². The van der Waals surface area contributed by atoms with Crippen LogP contribution in [-0.2, 0) is 4.79 Å². The van der Waals surface area contributed by atoms with Crippen LogP contribution in [0.5, 0.6) is 0 Å². The van der Waals surface area contributed by atoms with Crippen LogP contribution in [0.1, 0.15) is 58.8 Å². The fraction of sp³-hybridized carbons (Fsp3) is 0.296. The molecule has 3 aromatic rings. The second-order valence-electron chi connectivity index (χ2n) is 8.84. The molecule has 9 heteroatoms. The van der Waals surface area contributed by atoms with E-state index in [1.807, 2.05) is 32.0 Å². The number of imide groups is 1. The molecule has 1 unspecified atom stereocenters. The van der Waals surface area contributed by atoms with Crippen molar-refractivity contribution in [3.8, 4) is 5.69 Å². The number of anilines is 1. The standard InChI is InChI=1S/C27H29N5O4/c1-5-30(6-2)25(34)21-16-28-32(18-12-8-7-9-13-18)23(21)29-24(33)22(17(3)4)31-26(35)19-14-10-11-15-20(19)27(31)36/h7-17,22H,5-6H2,1-4H3,(H,29,33). The van der Waals surface area contributed by atoms with Gasteiger partial charge in [-0.2, -0.15) is 5.10 Å². The van der Waals surface area contributed by atoms with Crippen molar-refractivity contribution in [2.75, 3.05) is 18.4 Å². The summed E-state index contributed by atoms with van der Waals surface area (Å²) in [6, 6.07) is 14.5. The molecule has 0 aliphatic carbocycles. The van der Waals surface area contributed by atoms with Crippen LogP contribution in [0.2, 0.25) is 0 Å². The lowest BCUT2D eigenvalue weighted by molar-refractivity contribution is -0.121. The maximum absolute atomic E-state index is 13.7. The van der Waals surface area contributed by atoms with Crippen LogP contribution in [0.15, 0.2) is 60.8 Å². The van der Waals surface area contributed by atoms with Crippen molar-refractivity contribution in [2.24, 2.45) is 5.92 Å². The predicted molar refractivity (Wildman–Crippen MR) is 135 cm³/mol. The number of hydrogen-bond donors (Lipinski definition) is 1. The minimum atomic E-state index is -1.09. The van der Waals surface area contributed by atoms with Gasteiger partial charge in [-0.25, -0.2) is 4.68 Å². The molecule has 1 aliphatic rings. The van der Waals surface area contributed by atoms with Gasteiger partial charge in [-0.15, -0.1) is 0 Å². The lowest BCUT2D eigenvalue weighted by Gasteiger charge is -2.28. The van der Waals surface area contributed by atoms with Gasteiger partial charge in [0.15, 0.2) is 0 Å². The van der Waals surface area contributed by atoms with E-state index < -0.39 is 23.8 Å². The van der Waals surface area contributed by atoms with Gasteiger partial charge < -0.3 is 10.2 Å². The summed E-state index contributed by atoms with van der Waals surface area (Å²) in [7, 11) is 0. The molecule has 1 aliphatic heterocycles. The number of nitrogens with zero attached hydrogens (tertiary/aromatic N) is 4. The van der Waals surface area contributed by atoms with Crippen LogP contribution >= 0.6 is 0 Å². The number of nitrogens with one attached hydrogen (secondary N) is 1. The van der Waals surface area contributed by atoms with Crippen molar-refractivity contribution in [1.29, 1.82) is 0 Å². The fourth-order valence-electron chi connectivity index (χ4n) is 4.44. The first-order valence-electron chi connectivity index (χ1n) is 12.0. The van der Waals surface area contributed by atoms with Gasteiger partial charge in [-0.1, -0.05) is 44.2 Å². The van der Waals surface area contributed by atoms with Gasteiger partial charge in [-0.3, -0.25) is 24.1 Å². The number of carbonyl (C=O) groups is 4. The molecule has 9 nitrogen and oxygen atoms in total. The molecule has 0 fully saturated rings. The first-order valence-corrected chi connectivity index (χ1v) is 12.0. The molecule has 0 radical (unpaired) electrons. The Bertz CT molecular complexity index is 1280. The van der Waals surface area contributed by atoms with Crippen LogP contribution in [0, 0.1) is 5.92 Å². The Morgan fingerprint density at radius 3 is 2.00 bits per heavy atom. The minimum absolute atomic E-state index is 0.186. The molecule has 4 amide bonds. The molecule has 0 saturated carbocycles. The zero-order valence-electron chi connectivity index (χ0n) is 20.8. The predicted octanol–water partition coefficient (Wildman–Crippen LogP) is 3.61. The Morgan fingerprint density at radius 1 is 0.917 bits per heavy atom. The molecular formula is C27H29N5O4. The SMILES string of the molecule is CCN(CC)C(=O)c1cnn(-c2ccccc2)c1NC(=O)C(C(C)C)N1C(=O)c2ccccc2C1=O. The number of aromatic nitrogens is 2. The lowest BCUT2D eigenvalue weighted by Crippen LogP contribution is -2.50. The highest BCUT2D eigenvalue weighted by molar-refractivity contribution is 6.23. The highest BCUT2D eigenvalue weighted by Gasteiger charge is 2.44. The molecule has 186 valence electrons. The third kappa shape index (κ3) is 4.28. The summed E-state index contributed by atoms with van der Waals surface area (Å²) in [6.45, 7) is 8.26. The van der Waals surface area contributed by atoms with Gasteiger partial charge in [0, 0.05) is 13.1 Å². The molecule has 36 heavy (non-hydrogen) atoms.